The van der Waals surface area contributed by atoms with Crippen LogP contribution in [-0.2, 0) is 0 Å². The number of benzene rings is 3. The molecule has 132 valence electrons. The molecule has 0 atom stereocenters. The molecule has 3 aromatic carbocycles. The summed E-state index contributed by atoms with van der Waals surface area (Å²) < 4.78 is 47.7. The van der Waals surface area contributed by atoms with Crippen LogP contribution in [0.4, 0.5) is 13.2 Å². The molecule has 0 saturated heterocycles. The SMILES string of the molecule is C=Cc1ccc(-c2ccc(-c3ccc(OCC)cc3F)cc2)c(F)c1F. The number of ether oxygens (including phenoxy) is 1. The summed E-state index contributed by atoms with van der Waals surface area (Å²) in [7, 11) is 0. The Morgan fingerprint density at radius 3 is 2.04 bits per heavy atom. The van der Waals surface area contributed by atoms with E-state index < -0.39 is 17.5 Å². The third kappa shape index (κ3) is 3.36. The first kappa shape index (κ1) is 17.8. The van der Waals surface area contributed by atoms with Gasteiger partial charge in [0, 0.05) is 22.8 Å². The van der Waals surface area contributed by atoms with Crippen molar-refractivity contribution >= 4 is 6.08 Å². The van der Waals surface area contributed by atoms with Crippen molar-refractivity contribution in [2.45, 2.75) is 6.92 Å². The molecule has 26 heavy (non-hydrogen) atoms. The van der Waals surface area contributed by atoms with Gasteiger partial charge in [0.05, 0.1) is 6.61 Å². The van der Waals surface area contributed by atoms with Crippen molar-refractivity contribution in [2.24, 2.45) is 0 Å². The van der Waals surface area contributed by atoms with Crippen LogP contribution in [0.2, 0.25) is 0 Å². The number of hydrogen-bond donors (Lipinski definition) is 0. The first-order valence-electron chi connectivity index (χ1n) is 8.18. The Labute approximate surface area is 150 Å². The van der Waals surface area contributed by atoms with Gasteiger partial charge in [-0.15, -0.1) is 0 Å². The highest BCUT2D eigenvalue weighted by Gasteiger charge is 2.14. The third-order valence-corrected chi connectivity index (χ3v) is 4.09. The van der Waals surface area contributed by atoms with E-state index in [2.05, 4.69) is 6.58 Å². The minimum absolute atomic E-state index is 0.110. The summed E-state index contributed by atoms with van der Waals surface area (Å²) in [5.74, 6) is -1.80. The quantitative estimate of drug-likeness (QED) is 0.509. The predicted octanol–water partition coefficient (Wildman–Crippen LogP) is 6.48. The summed E-state index contributed by atoms with van der Waals surface area (Å²) in [4.78, 5) is 0. The lowest BCUT2D eigenvalue weighted by Gasteiger charge is -2.09. The molecule has 0 N–H and O–H groups in total. The van der Waals surface area contributed by atoms with Crippen molar-refractivity contribution in [2.75, 3.05) is 6.61 Å². The Balaban J connectivity index is 1.95. The van der Waals surface area contributed by atoms with E-state index in [1.807, 2.05) is 6.92 Å². The molecule has 0 bridgehead atoms. The van der Waals surface area contributed by atoms with Gasteiger partial charge in [-0.2, -0.15) is 0 Å². The molecule has 3 aromatic rings. The van der Waals surface area contributed by atoms with Gasteiger partial charge in [-0.1, -0.05) is 49.1 Å². The van der Waals surface area contributed by atoms with E-state index >= 15 is 0 Å². The lowest BCUT2D eigenvalue weighted by Crippen LogP contribution is -1.94. The van der Waals surface area contributed by atoms with Crippen molar-refractivity contribution in [3.63, 3.8) is 0 Å². The maximum absolute atomic E-state index is 14.3. The molecule has 0 heterocycles. The molecular formula is C22H17F3O. The van der Waals surface area contributed by atoms with Gasteiger partial charge >= 0.3 is 0 Å². The van der Waals surface area contributed by atoms with E-state index in [9.17, 15) is 13.2 Å². The highest BCUT2D eigenvalue weighted by molar-refractivity contribution is 5.72. The van der Waals surface area contributed by atoms with Crippen LogP contribution >= 0.6 is 0 Å². The molecule has 3 rings (SSSR count). The summed E-state index contributed by atoms with van der Waals surface area (Å²) in [6.45, 7) is 5.74. The van der Waals surface area contributed by atoms with E-state index in [0.717, 1.165) is 0 Å². The van der Waals surface area contributed by atoms with Crippen molar-refractivity contribution in [1.82, 2.24) is 0 Å². The van der Waals surface area contributed by atoms with Gasteiger partial charge in [-0.05, 0) is 30.2 Å². The molecule has 0 spiro atoms. The molecule has 0 aromatic heterocycles. The van der Waals surface area contributed by atoms with E-state index in [1.165, 1.54) is 24.3 Å². The van der Waals surface area contributed by atoms with E-state index in [-0.39, 0.29) is 11.1 Å². The number of hydrogen-bond acceptors (Lipinski definition) is 1. The zero-order chi connectivity index (χ0) is 18.7. The third-order valence-electron chi connectivity index (χ3n) is 4.09. The summed E-state index contributed by atoms with van der Waals surface area (Å²) in [5.41, 5.74) is 1.81. The van der Waals surface area contributed by atoms with Crippen LogP contribution in [-0.4, -0.2) is 6.61 Å². The zero-order valence-corrected chi connectivity index (χ0v) is 14.2. The van der Waals surface area contributed by atoms with Crippen LogP contribution < -0.4 is 4.74 Å². The maximum Gasteiger partial charge on any atom is 0.167 e. The van der Waals surface area contributed by atoms with Gasteiger partial charge in [0.25, 0.3) is 0 Å². The Morgan fingerprint density at radius 2 is 1.46 bits per heavy atom. The van der Waals surface area contributed by atoms with Crippen molar-refractivity contribution in [1.29, 1.82) is 0 Å². The Hall–Kier alpha value is -3.01. The number of halogens is 3. The smallest absolute Gasteiger partial charge is 0.167 e. The molecule has 0 aliphatic heterocycles. The number of rotatable bonds is 5. The van der Waals surface area contributed by atoms with Gasteiger partial charge in [-0.25, -0.2) is 13.2 Å². The molecule has 0 aliphatic carbocycles. The molecule has 0 unspecified atom stereocenters. The van der Waals surface area contributed by atoms with Crippen molar-refractivity contribution in [3.05, 3.63) is 84.2 Å². The molecule has 0 aliphatic rings. The van der Waals surface area contributed by atoms with Crippen molar-refractivity contribution < 1.29 is 17.9 Å². The predicted molar refractivity (Wildman–Crippen MR) is 98.4 cm³/mol. The van der Waals surface area contributed by atoms with E-state index in [1.54, 1.807) is 36.4 Å². The lowest BCUT2D eigenvalue weighted by molar-refractivity contribution is 0.338. The normalized spacial score (nSPS) is 10.6. The Bertz CT molecular complexity index is 946. The summed E-state index contributed by atoms with van der Waals surface area (Å²) >= 11 is 0. The monoisotopic (exact) mass is 354 g/mol. The fourth-order valence-corrected chi connectivity index (χ4v) is 2.76. The van der Waals surface area contributed by atoms with Gasteiger partial charge in [0.2, 0.25) is 0 Å². The maximum atomic E-state index is 14.3. The first-order valence-corrected chi connectivity index (χ1v) is 8.18. The minimum atomic E-state index is -0.931. The zero-order valence-electron chi connectivity index (χ0n) is 14.2. The first-order chi connectivity index (χ1) is 12.5. The minimum Gasteiger partial charge on any atom is -0.494 e. The summed E-state index contributed by atoms with van der Waals surface area (Å²) in [6.07, 6.45) is 1.26. The molecule has 4 heteroatoms. The van der Waals surface area contributed by atoms with Crippen LogP contribution in [0.3, 0.4) is 0 Å². The summed E-state index contributed by atoms with van der Waals surface area (Å²) in [6, 6.07) is 14.2. The van der Waals surface area contributed by atoms with Crippen LogP contribution in [0.15, 0.2) is 61.2 Å². The van der Waals surface area contributed by atoms with Gasteiger partial charge in [0.15, 0.2) is 11.6 Å². The molecular weight excluding hydrogens is 337 g/mol. The standard InChI is InChI=1S/C22H17F3O/c1-3-14-9-11-19(22(25)21(14)24)16-7-5-15(6-8-16)18-12-10-17(26-4-2)13-20(18)23/h3,5-13H,1,4H2,2H3. The molecule has 1 nitrogen and oxygen atoms in total. The largest absolute Gasteiger partial charge is 0.494 e. The average molecular weight is 354 g/mol. The molecule has 0 amide bonds. The highest BCUT2D eigenvalue weighted by atomic mass is 19.2. The highest BCUT2D eigenvalue weighted by Crippen LogP contribution is 2.31. The summed E-state index contributed by atoms with van der Waals surface area (Å²) in [5, 5.41) is 0. The average Bonchev–Trinajstić information content (AvgIpc) is 2.65. The Kier molecular flexibility index (Phi) is 5.12. The molecule has 0 radical (unpaired) electrons. The van der Waals surface area contributed by atoms with Crippen LogP contribution in [0.1, 0.15) is 12.5 Å². The fourth-order valence-electron chi connectivity index (χ4n) is 2.76. The van der Waals surface area contributed by atoms with Gasteiger partial charge in [0.1, 0.15) is 11.6 Å². The second-order valence-corrected chi connectivity index (χ2v) is 5.69. The van der Waals surface area contributed by atoms with E-state index in [0.29, 0.717) is 29.0 Å². The topological polar surface area (TPSA) is 9.23 Å². The van der Waals surface area contributed by atoms with Gasteiger partial charge < -0.3 is 4.74 Å². The van der Waals surface area contributed by atoms with Crippen LogP contribution in [0.25, 0.3) is 28.3 Å². The fraction of sp³-hybridized carbons (Fsp3) is 0.0909. The van der Waals surface area contributed by atoms with E-state index in [4.69, 9.17) is 4.74 Å². The van der Waals surface area contributed by atoms with Crippen LogP contribution in [0, 0.1) is 17.5 Å². The van der Waals surface area contributed by atoms with Gasteiger partial charge in [-0.3, -0.25) is 0 Å². The second kappa shape index (κ2) is 7.48. The molecule has 0 saturated carbocycles. The van der Waals surface area contributed by atoms with Crippen LogP contribution in [0.5, 0.6) is 5.75 Å². The Morgan fingerprint density at radius 1 is 0.846 bits per heavy atom. The van der Waals surface area contributed by atoms with Crippen molar-refractivity contribution in [3.8, 4) is 28.0 Å². The lowest BCUT2D eigenvalue weighted by atomic mass is 9.98. The molecule has 0 fully saturated rings. The second-order valence-electron chi connectivity index (χ2n) is 5.69.